The number of hydrogen-bond acceptors (Lipinski definition) is 7. The SMILES string of the molecule is COc1ccc(C(=O)COC(=O)CCNS(=O)(=O)c2cccc(C(F)(F)F)c2)c(OC)c1. The molecule has 0 aromatic heterocycles. The zero-order valence-electron chi connectivity index (χ0n) is 17.1. The van der Waals surface area contributed by atoms with E-state index in [1.807, 2.05) is 4.72 Å². The lowest BCUT2D eigenvalue weighted by Crippen LogP contribution is -2.27. The van der Waals surface area contributed by atoms with Gasteiger partial charge in [-0.1, -0.05) is 6.07 Å². The third-order valence-corrected chi connectivity index (χ3v) is 5.62. The minimum absolute atomic E-state index is 0.159. The highest BCUT2D eigenvalue weighted by atomic mass is 32.2. The number of benzene rings is 2. The average Bonchev–Trinajstić information content (AvgIpc) is 2.76. The minimum atomic E-state index is -4.70. The second kappa shape index (κ2) is 10.5. The van der Waals surface area contributed by atoms with Crippen LogP contribution in [0.3, 0.4) is 0 Å². The van der Waals surface area contributed by atoms with Gasteiger partial charge >= 0.3 is 12.1 Å². The third kappa shape index (κ3) is 6.69. The number of carbonyl (C=O) groups is 2. The first-order valence-electron chi connectivity index (χ1n) is 9.05. The van der Waals surface area contributed by atoms with Crippen LogP contribution in [0.4, 0.5) is 13.2 Å². The molecule has 0 aliphatic rings. The summed E-state index contributed by atoms with van der Waals surface area (Å²) >= 11 is 0. The predicted octanol–water partition coefficient (Wildman–Crippen LogP) is 2.82. The summed E-state index contributed by atoms with van der Waals surface area (Å²) in [6, 6.07) is 7.64. The van der Waals surface area contributed by atoms with Gasteiger partial charge in [0.1, 0.15) is 11.5 Å². The number of rotatable bonds is 10. The fourth-order valence-corrected chi connectivity index (χ4v) is 3.61. The lowest BCUT2D eigenvalue weighted by Gasteiger charge is -2.11. The number of nitrogens with one attached hydrogen (secondary N) is 1. The smallest absolute Gasteiger partial charge is 0.416 e. The maximum atomic E-state index is 12.8. The molecule has 0 heterocycles. The molecule has 2 aromatic rings. The highest BCUT2D eigenvalue weighted by molar-refractivity contribution is 7.89. The summed E-state index contributed by atoms with van der Waals surface area (Å²) < 4.78 is 79.6. The summed E-state index contributed by atoms with van der Waals surface area (Å²) in [5, 5.41) is 0. The molecule has 1 N–H and O–H groups in total. The van der Waals surface area contributed by atoms with Crippen LogP contribution in [0.25, 0.3) is 0 Å². The third-order valence-electron chi connectivity index (χ3n) is 4.17. The van der Waals surface area contributed by atoms with Crippen LogP contribution < -0.4 is 14.2 Å². The Kier molecular flexibility index (Phi) is 8.22. The molecule has 0 saturated heterocycles. The number of halogens is 3. The first-order valence-corrected chi connectivity index (χ1v) is 10.5. The van der Waals surface area contributed by atoms with Crippen molar-refractivity contribution in [3.05, 3.63) is 53.6 Å². The number of methoxy groups -OCH3 is 2. The Labute approximate surface area is 182 Å². The summed E-state index contributed by atoms with van der Waals surface area (Å²) in [4.78, 5) is 23.5. The van der Waals surface area contributed by atoms with Crippen molar-refractivity contribution in [1.29, 1.82) is 0 Å². The summed E-state index contributed by atoms with van der Waals surface area (Å²) in [5.74, 6) is -0.748. The molecular weight excluding hydrogens is 455 g/mol. The number of hydrogen-bond donors (Lipinski definition) is 1. The van der Waals surface area contributed by atoms with Gasteiger partial charge in [0, 0.05) is 12.6 Å². The summed E-state index contributed by atoms with van der Waals surface area (Å²) in [5.41, 5.74) is -0.960. The van der Waals surface area contributed by atoms with Gasteiger partial charge in [0.2, 0.25) is 15.8 Å². The van der Waals surface area contributed by atoms with E-state index in [-0.39, 0.29) is 11.3 Å². The van der Waals surface area contributed by atoms with Gasteiger partial charge in [-0.15, -0.1) is 0 Å². The first kappa shape index (κ1) is 25.1. The van der Waals surface area contributed by atoms with E-state index in [1.54, 1.807) is 0 Å². The van der Waals surface area contributed by atoms with E-state index in [0.717, 1.165) is 18.2 Å². The molecule has 174 valence electrons. The molecule has 0 bridgehead atoms. The molecule has 2 aromatic carbocycles. The number of alkyl halides is 3. The van der Waals surface area contributed by atoms with Gasteiger partial charge in [-0.3, -0.25) is 9.59 Å². The van der Waals surface area contributed by atoms with E-state index in [1.165, 1.54) is 32.4 Å². The van der Waals surface area contributed by atoms with E-state index in [0.29, 0.717) is 11.8 Å². The molecule has 12 heteroatoms. The van der Waals surface area contributed by atoms with Crippen molar-refractivity contribution in [2.24, 2.45) is 0 Å². The number of ether oxygens (including phenoxy) is 3. The quantitative estimate of drug-likeness (QED) is 0.416. The summed E-state index contributed by atoms with van der Waals surface area (Å²) in [6.45, 7) is -1.04. The van der Waals surface area contributed by atoms with Gasteiger partial charge < -0.3 is 14.2 Å². The topological polar surface area (TPSA) is 108 Å². The van der Waals surface area contributed by atoms with Crippen molar-refractivity contribution >= 4 is 21.8 Å². The standard InChI is InChI=1S/C20H20F3NO7S/c1-29-14-6-7-16(18(11-14)30-2)17(25)12-31-19(26)8-9-24-32(27,28)15-5-3-4-13(10-15)20(21,22)23/h3-7,10-11,24H,8-9,12H2,1-2H3. The van der Waals surface area contributed by atoms with Gasteiger partial charge in [-0.2, -0.15) is 13.2 Å². The van der Waals surface area contributed by atoms with Crippen LogP contribution in [0.5, 0.6) is 11.5 Å². The number of sulfonamides is 1. The Morgan fingerprint density at radius 1 is 1.03 bits per heavy atom. The van der Waals surface area contributed by atoms with E-state index in [2.05, 4.69) is 0 Å². The average molecular weight is 475 g/mol. The number of ketones is 1. The fourth-order valence-electron chi connectivity index (χ4n) is 2.54. The molecule has 0 radical (unpaired) electrons. The predicted molar refractivity (Wildman–Crippen MR) is 106 cm³/mol. The molecule has 32 heavy (non-hydrogen) atoms. The van der Waals surface area contributed by atoms with Crippen LogP contribution in [0.1, 0.15) is 22.3 Å². The van der Waals surface area contributed by atoms with Crippen molar-refractivity contribution in [3.63, 3.8) is 0 Å². The number of Topliss-reactive ketones (excluding diaryl/α,β-unsaturated/α-hetero) is 1. The Balaban J connectivity index is 1.89. The van der Waals surface area contributed by atoms with Crippen molar-refractivity contribution in [1.82, 2.24) is 4.72 Å². The number of carbonyl (C=O) groups excluding carboxylic acids is 2. The van der Waals surface area contributed by atoms with Crippen LogP contribution in [0.15, 0.2) is 47.4 Å². The summed E-state index contributed by atoms with van der Waals surface area (Å²) in [6.07, 6.45) is -5.14. The van der Waals surface area contributed by atoms with E-state index in [9.17, 15) is 31.2 Å². The molecule has 0 amide bonds. The monoisotopic (exact) mass is 475 g/mol. The molecule has 0 spiro atoms. The zero-order valence-corrected chi connectivity index (χ0v) is 17.9. The highest BCUT2D eigenvalue weighted by Crippen LogP contribution is 2.30. The Morgan fingerprint density at radius 2 is 1.75 bits per heavy atom. The Bertz CT molecular complexity index is 1080. The molecule has 0 atom stereocenters. The zero-order chi connectivity index (χ0) is 23.9. The molecule has 8 nitrogen and oxygen atoms in total. The Hall–Kier alpha value is -3.12. The normalized spacial score (nSPS) is 11.7. The lowest BCUT2D eigenvalue weighted by atomic mass is 10.1. The van der Waals surface area contributed by atoms with Gasteiger partial charge in [0.05, 0.1) is 36.7 Å². The van der Waals surface area contributed by atoms with Crippen LogP contribution in [0.2, 0.25) is 0 Å². The Morgan fingerprint density at radius 3 is 2.38 bits per heavy atom. The van der Waals surface area contributed by atoms with Crippen molar-refractivity contribution in [3.8, 4) is 11.5 Å². The van der Waals surface area contributed by atoms with Crippen molar-refractivity contribution in [2.75, 3.05) is 27.4 Å². The van der Waals surface area contributed by atoms with Crippen LogP contribution in [-0.2, 0) is 25.7 Å². The van der Waals surface area contributed by atoms with Gasteiger partial charge in [-0.05, 0) is 30.3 Å². The molecule has 0 unspecified atom stereocenters. The fraction of sp³-hybridized carbons (Fsp3) is 0.300. The van der Waals surface area contributed by atoms with Crippen molar-refractivity contribution < 1.29 is 45.4 Å². The first-order chi connectivity index (χ1) is 15.0. The van der Waals surface area contributed by atoms with Crippen LogP contribution in [-0.4, -0.2) is 47.5 Å². The van der Waals surface area contributed by atoms with E-state index >= 15 is 0 Å². The lowest BCUT2D eigenvalue weighted by molar-refractivity contribution is -0.142. The van der Waals surface area contributed by atoms with Gasteiger partial charge in [0.25, 0.3) is 0 Å². The molecule has 0 fully saturated rings. The van der Waals surface area contributed by atoms with Gasteiger partial charge in [-0.25, -0.2) is 13.1 Å². The maximum absolute atomic E-state index is 12.8. The van der Waals surface area contributed by atoms with Crippen LogP contribution in [0, 0.1) is 0 Å². The second-order valence-electron chi connectivity index (χ2n) is 6.32. The van der Waals surface area contributed by atoms with E-state index in [4.69, 9.17) is 14.2 Å². The van der Waals surface area contributed by atoms with Crippen LogP contribution >= 0.6 is 0 Å². The summed E-state index contributed by atoms with van der Waals surface area (Å²) in [7, 11) is -1.48. The molecule has 0 aliphatic heterocycles. The molecule has 0 saturated carbocycles. The molecule has 2 rings (SSSR count). The number of esters is 1. The molecule has 0 aliphatic carbocycles. The second-order valence-corrected chi connectivity index (χ2v) is 8.09. The maximum Gasteiger partial charge on any atom is 0.416 e. The molecular formula is C20H20F3NO7S. The van der Waals surface area contributed by atoms with Gasteiger partial charge in [0.15, 0.2) is 6.61 Å². The minimum Gasteiger partial charge on any atom is -0.497 e. The van der Waals surface area contributed by atoms with E-state index < -0.39 is 58.0 Å². The largest absolute Gasteiger partial charge is 0.497 e. The highest BCUT2D eigenvalue weighted by Gasteiger charge is 2.31. The van der Waals surface area contributed by atoms with Crippen molar-refractivity contribution in [2.45, 2.75) is 17.5 Å².